The molecule has 2 amide bonds. The molecule has 216 valence electrons. The minimum absolute atomic E-state index is 0.0329. The molecule has 0 saturated carbocycles. The summed E-state index contributed by atoms with van der Waals surface area (Å²) < 4.78 is 5.57. The van der Waals surface area contributed by atoms with Gasteiger partial charge in [-0.15, -0.1) is 0 Å². The van der Waals surface area contributed by atoms with Gasteiger partial charge in [0.1, 0.15) is 18.1 Å². The van der Waals surface area contributed by atoms with Crippen LogP contribution in [0.1, 0.15) is 76.2 Å². The largest absolute Gasteiger partial charge is 0.481 e. The molecule has 3 rings (SSSR count). The van der Waals surface area contributed by atoms with E-state index in [0.717, 1.165) is 18.4 Å². The van der Waals surface area contributed by atoms with Crippen LogP contribution in [-0.2, 0) is 21.0 Å². The molecule has 4 atom stereocenters. The van der Waals surface area contributed by atoms with E-state index < -0.39 is 36.4 Å². The van der Waals surface area contributed by atoms with Gasteiger partial charge in [-0.05, 0) is 67.9 Å². The molecule has 0 aromatic carbocycles. The number of amides is 2. The summed E-state index contributed by atoms with van der Waals surface area (Å²) in [5, 5.41) is 49.8. The summed E-state index contributed by atoms with van der Waals surface area (Å²) in [5.74, 6) is -2.80. The number of carbonyl (C=O) groups excluding carboxylic acids is 2. The van der Waals surface area contributed by atoms with Crippen molar-refractivity contribution in [3.8, 4) is 0 Å². The second-order valence-electron chi connectivity index (χ2n) is 10.4. The van der Waals surface area contributed by atoms with Gasteiger partial charge >= 0.3 is 5.97 Å². The number of carboxylic acid groups (broad SMARTS) is 1. The normalized spacial score (nSPS) is 22.5. The van der Waals surface area contributed by atoms with Crippen molar-refractivity contribution in [1.82, 2.24) is 4.90 Å². The predicted octanol–water partition coefficient (Wildman–Crippen LogP) is 2.64. The number of unbranched alkanes of at least 4 members (excludes halogenated alkanes) is 2. The molecule has 0 spiro atoms. The number of furan rings is 1. The molecule has 39 heavy (non-hydrogen) atoms. The van der Waals surface area contributed by atoms with Gasteiger partial charge in [-0.1, -0.05) is 25.3 Å². The number of aliphatic hydroxyl groups excluding tert-OH is 4. The van der Waals surface area contributed by atoms with Crippen LogP contribution >= 0.6 is 0 Å². The lowest BCUT2D eigenvalue weighted by Crippen LogP contribution is -2.39. The molecule has 2 heterocycles. The highest BCUT2D eigenvalue weighted by atomic mass is 16.4. The first kappa shape index (κ1) is 30.7. The Labute approximate surface area is 228 Å². The molecular weight excluding hydrogens is 506 g/mol. The molecule has 1 aromatic rings. The highest BCUT2D eigenvalue weighted by Gasteiger charge is 2.54. The molecule has 1 aliphatic heterocycles. The summed E-state index contributed by atoms with van der Waals surface area (Å²) in [7, 11) is 0. The van der Waals surface area contributed by atoms with Crippen molar-refractivity contribution < 1.29 is 44.3 Å². The molecule has 2 aliphatic rings. The Hall–Kier alpha value is -2.79. The van der Waals surface area contributed by atoms with Crippen molar-refractivity contribution >= 4 is 23.9 Å². The Morgan fingerprint density at radius 2 is 1.85 bits per heavy atom. The minimum atomic E-state index is -1.01. The van der Waals surface area contributed by atoms with E-state index >= 15 is 0 Å². The third kappa shape index (κ3) is 7.45. The number of aliphatic carboxylic acids is 1. The predicted molar refractivity (Wildman–Crippen MR) is 142 cm³/mol. The average Bonchev–Trinajstić information content (AvgIpc) is 3.47. The Bertz CT molecular complexity index is 1070. The van der Waals surface area contributed by atoms with E-state index in [-0.39, 0.29) is 44.4 Å². The summed E-state index contributed by atoms with van der Waals surface area (Å²) >= 11 is 0. The first-order valence-electron chi connectivity index (χ1n) is 13.8. The maximum atomic E-state index is 13.3. The second-order valence-corrected chi connectivity index (χ2v) is 10.4. The van der Waals surface area contributed by atoms with Gasteiger partial charge in [0.25, 0.3) is 0 Å². The van der Waals surface area contributed by atoms with E-state index in [9.17, 15) is 34.8 Å². The van der Waals surface area contributed by atoms with Crippen molar-refractivity contribution in [1.29, 1.82) is 0 Å². The van der Waals surface area contributed by atoms with Crippen LogP contribution in [0.15, 0.2) is 33.3 Å². The molecule has 1 fully saturated rings. The summed E-state index contributed by atoms with van der Waals surface area (Å²) in [6, 6.07) is 3.47. The first-order chi connectivity index (χ1) is 18.7. The van der Waals surface area contributed by atoms with Gasteiger partial charge in [-0.25, -0.2) is 0 Å². The fraction of sp³-hybridized carbons (Fsp3) is 0.621. The Balaban J connectivity index is 1.73. The van der Waals surface area contributed by atoms with Crippen molar-refractivity contribution in [2.24, 2.45) is 17.8 Å². The van der Waals surface area contributed by atoms with Gasteiger partial charge in [0, 0.05) is 18.9 Å². The minimum Gasteiger partial charge on any atom is -0.481 e. The molecule has 5 N–H and O–H groups in total. The molecule has 1 saturated heterocycles. The van der Waals surface area contributed by atoms with E-state index in [1.165, 1.54) is 4.90 Å². The number of fused-ring (bicyclic) bond motifs is 1. The number of nitrogens with zero attached hydrogens (tertiary/aromatic N) is 1. The standard InChI is InChI=1S/C29H41NO9/c1-2-6-18(13-20-9-10-21(16-32)39-20)8-11-24(34)26-19(15-31)14-22-27(23(26)17-33)29(38)30(28(22)37)12-5-3-4-7-25(35)36/h9-10,13,22-24,27,31-34H,2-8,11-12,14-17H2,1H3,(H,35,36)/b18-13+/t22-,23+,24-,27-/m1/s1. The SMILES string of the molecule is CCC/C(=C\c1ccc(CO)o1)CC[C@@H](O)C1=C(CO)C[C@H]2C(=O)N(CCCCCC(=O)O)C(=O)[C@H]2[C@H]1CO. The average molecular weight is 548 g/mol. The van der Waals surface area contributed by atoms with Crippen LogP contribution in [0.4, 0.5) is 0 Å². The maximum absolute atomic E-state index is 13.3. The van der Waals surface area contributed by atoms with Crippen molar-refractivity contribution in [2.75, 3.05) is 19.8 Å². The molecule has 0 radical (unpaired) electrons. The van der Waals surface area contributed by atoms with Gasteiger partial charge in [0.15, 0.2) is 0 Å². The van der Waals surface area contributed by atoms with E-state index in [0.29, 0.717) is 54.8 Å². The van der Waals surface area contributed by atoms with E-state index in [1.54, 1.807) is 12.1 Å². The van der Waals surface area contributed by atoms with E-state index in [2.05, 4.69) is 0 Å². The molecule has 0 unspecified atom stereocenters. The zero-order chi connectivity index (χ0) is 28.5. The number of carboxylic acids is 1. The summed E-state index contributed by atoms with van der Waals surface area (Å²) in [5.41, 5.74) is 1.98. The third-order valence-corrected chi connectivity index (χ3v) is 7.79. The lowest BCUT2D eigenvalue weighted by Gasteiger charge is -2.36. The van der Waals surface area contributed by atoms with Crippen LogP contribution in [0.3, 0.4) is 0 Å². The summed E-state index contributed by atoms with van der Waals surface area (Å²) in [6.45, 7) is 1.22. The van der Waals surface area contributed by atoms with E-state index in [4.69, 9.17) is 9.52 Å². The number of imide groups is 1. The number of allylic oxidation sites excluding steroid dienone is 1. The maximum Gasteiger partial charge on any atom is 0.303 e. The van der Waals surface area contributed by atoms with Crippen molar-refractivity contribution in [2.45, 2.75) is 77.4 Å². The van der Waals surface area contributed by atoms with E-state index in [1.807, 2.05) is 13.0 Å². The summed E-state index contributed by atoms with van der Waals surface area (Å²) in [4.78, 5) is 38.4. The van der Waals surface area contributed by atoms with Gasteiger partial charge in [0.2, 0.25) is 11.8 Å². The van der Waals surface area contributed by atoms with Crippen LogP contribution in [-0.4, -0.2) is 74.1 Å². The monoisotopic (exact) mass is 547 g/mol. The number of rotatable bonds is 16. The molecule has 1 aromatic heterocycles. The summed E-state index contributed by atoms with van der Waals surface area (Å²) in [6.07, 6.45) is 5.07. The highest BCUT2D eigenvalue weighted by molar-refractivity contribution is 6.05. The fourth-order valence-corrected chi connectivity index (χ4v) is 5.94. The Morgan fingerprint density at radius 1 is 1.08 bits per heavy atom. The fourth-order valence-electron chi connectivity index (χ4n) is 5.94. The smallest absolute Gasteiger partial charge is 0.303 e. The van der Waals surface area contributed by atoms with Crippen LogP contribution in [0.2, 0.25) is 0 Å². The molecule has 1 aliphatic carbocycles. The van der Waals surface area contributed by atoms with Crippen LogP contribution in [0.25, 0.3) is 6.08 Å². The van der Waals surface area contributed by atoms with Crippen molar-refractivity contribution in [3.05, 3.63) is 40.4 Å². The second kappa shape index (κ2) is 14.6. The number of carbonyl (C=O) groups is 3. The zero-order valence-corrected chi connectivity index (χ0v) is 22.6. The van der Waals surface area contributed by atoms with Crippen molar-refractivity contribution in [3.63, 3.8) is 0 Å². The van der Waals surface area contributed by atoms with Gasteiger partial charge in [0.05, 0.1) is 31.2 Å². The van der Waals surface area contributed by atoms with Crippen LogP contribution < -0.4 is 0 Å². The quantitative estimate of drug-likeness (QED) is 0.119. The van der Waals surface area contributed by atoms with Crippen LogP contribution in [0, 0.1) is 17.8 Å². The lowest BCUT2D eigenvalue weighted by atomic mass is 9.68. The number of aliphatic hydroxyl groups is 4. The number of likely N-dealkylation sites (tertiary alicyclic amines) is 1. The zero-order valence-electron chi connectivity index (χ0n) is 22.6. The molecule has 0 bridgehead atoms. The Kier molecular flexibility index (Phi) is 11.5. The number of hydrogen-bond acceptors (Lipinski definition) is 8. The molecule has 10 heteroatoms. The van der Waals surface area contributed by atoms with Gasteiger partial charge < -0.3 is 29.9 Å². The topological polar surface area (TPSA) is 169 Å². The lowest BCUT2D eigenvalue weighted by molar-refractivity contribution is -0.141. The highest BCUT2D eigenvalue weighted by Crippen LogP contribution is 2.46. The molecular formula is C29H41NO9. The van der Waals surface area contributed by atoms with Gasteiger partial charge in [-0.2, -0.15) is 0 Å². The Morgan fingerprint density at radius 3 is 2.46 bits per heavy atom. The molecule has 10 nitrogen and oxygen atoms in total. The van der Waals surface area contributed by atoms with Gasteiger partial charge in [-0.3, -0.25) is 19.3 Å². The first-order valence-corrected chi connectivity index (χ1v) is 13.8. The van der Waals surface area contributed by atoms with Crippen LogP contribution in [0.5, 0.6) is 0 Å². The third-order valence-electron chi connectivity index (χ3n) is 7.79. The number of hydrogen-bond donors (Lipinski definition) is 5.